The Morgan fingerprint density at radius 2 is 1.94 bits per heavy atom. The average Bonchev–Trinajstić information content (AvgIpc) is 2.67. The summed E-state index contributed by atoms with van der Waals surface area (Å²) in [5.74, 6) is 0. The lowest BCUT2D eigenvalue weighted by atomic mass is 10.0. The summed E-state index contributed by atoms with van der Waals surface area (Å²) >= 11 is 20.0. The zero-order valence-electron chi connectivity index (χ0n) is 8.51. The second kappa shape index (κ2) is 4.97. The lowest BCUT2D eigenvalue weighted by Crippen LogP contribution is -1.94. The van der Waals surface area contributed by atoms with Crippen molar-refractivity contribution < 1.29 is 0 Å². The van der Waals surface area contributed by atoms with Gasteiger partial charge in [-0.05, 0) is 41.6 Å². The van der Waals surface area contributed by atoms with E-state index in [2.05, 4.69) is 0 Å². The maximum atomic E-state index is 6.42. The molecule has 1 aromatic carbocycles. The van der Waals surface area contributed by atoms with Crippen molar-refractivity contribution in [2.24, 2.45) is 0 Å². The smallest absolute Gasteiger partial charge is 0.0945 e. The highest BCUT2D eigenvalue weighted by atomic mass is 35.5. The third kappa shape index (κ3) is 2.38. The average molecular weight is 292 g/mol. The largest absolute Gasteiger partial charge is 0.145 e. The Kier molecular flexibility index (Phi) is 3.81. The van der Waals surface area contributed by atoms with Gasteiger partial charge in [0.25, 0.3) is 0 Å². The molecule has 84 valence electrons. The lowest BCUT2D eigenvalue weighted by Gasteiger charge is -2.12. The number of thiophene rings is 1. The van der Waals surface area contributed by atoms with Gasteiger partial charge in [-0.1, -0.05) is 29.3 Å². The Balaban J connectivity index is 2.45. The molecule has 1 aromatic heterocycles. The third-order valence-electron chi connectivity index (χ3n) is 2.39. The minimum atomic E-state index is -0.230. The predicted octanol–water partition coefficient (Wildman–Crippen LogP) is 5.69. The molecule has 0 amide bonds. The molecule has 0 radical (unpaired) electrons. The van der Waals surface area contributed by atoms with Gasteiger partial charge in [-0.3, -0.25) is 0 Å². The van der Waals surface area contributed by atoms with Crippen LogP contribution in [0.4, 0.5) is 0 Å². The van der Waals surface area contributed by atoms with Gasteiger partial charge in [0.15, 0.2) is 0 Å². The van der Waals surface area contributed by atoms with E-state index in [9.17, 15) is 0 Å². The fourth-order valence-corrected chi connectivity index (χ4v) is 3.41. The first-order valence-electron chi connectivity index (χ1n) is 4.72. The van der Waals surface area contributed by atoms with Crippen LogP contribution in [-0.4, -0.2) is 0 Å². The molecule has 0 fully saturated rings. The molecule has 2 aromatic rings. The summed E-state index contributed by atoms with van der Waals surface area (Å²) in [6.45, 7) is 2.02. The Labute approximate surface area is 114 Å². The van der Waals surface area contributed by atoms with Crippen molar-refractivity contribution in [1.82, 2.24) is 0 Å². The highest BCUT2D eigenvalue weighted by molar-refractivity contribution is 7.11. The van der Waals surface area contributed by atoms with E-state index in [-0.39, 0.29) is 5.38 Å². The van der Waals surface area contributed by atoms with Crippen molar-refractivity contribution in [3.8, 4) is 0 Å². The fourth-order valence-electron chi connectivity index (χ4n) is 1.51. The van der Waals surface area contributed by atoms with Gasteiger partial charge in [-0.2, -0.15) is 0 Å². The number of hydrogen-bond acceptors (Lipinski definition) is 1. The second-order valence-electron chi connectivity index (χ2n) is 3.50. The maximum Gasteiger partial charge on any atom is 0.0945 e. The van der Waals surface area contributed by atoms with Crippen molar-refractivity contribution in [2.75, 3.05) is 0 Å². The van der Waals surface area contributed by atoms with E-state index in [0.29, 0.717) is 10.0 Å². The Bertz CT molecular complexity index is 505. The Morgan fingerprint density at radius 3 is 2.56 bits per heavy atom. The van der Waals surface area contributed by atoms with E-state index in [0.717, 1.165) is 16.0 Å². The molecule has 1 heterocycles. The monoisotopic (exact) mass is 290 g/mol. The molecular weight excluding hydrogens is 283 g/mol. The molecule has 16 heavy (non-hydrogen) atoms. The number of halogens is 3. The molecule has 1 unspecified atom stereocenters. The van der Waals surface area contributed by atoms with E-state index in [1.54, 1.807) is 11.3 Å². The summed E-state index contributed by atoms with van der Waals surface area (Å²) in [6, 6.07) is 7.58. The maximum absolute atomic E-state index is 6.42. The Morgan fingerprint density at radius 1 is 1.19 bits per heavy atom. The summed E-state index contributed by atoms with van der Waals surface area (Å²) < 4.78 is 0. The third-order valence-corrected chi connectivity index (χ3v) is 4.63. The summed E-state index contributed by atoms with van der Waals surface area (Å²) in [7, 11) is 0. The normalized spacial score (nSPS) is 12.8. The van der Waals surface area contributed by atoms with Gasteiger partial charge in [0.1, 0.15) is 0 Å². The van der Waals surface area contributed by atoms with Gasteiger partial charge in [-0.25, -0.2) is 0 Å². The molecule has 4 heteroatoms. The predicted molar refractivity (Wildman–Crippen MR) is 73.2 cm³/mol. The fraction of sp³-hybridized carbons (Fsp3) is 0.167. The van der Waals surface area contributed by atoms with Gasteiger partial charge >= 0.3 is 0 Å². The number of alkyl halides is 1. The molecule has 0 aliphatic carbocycles. The first-order valence-corrected chi connectivity index (χ1v) is 6.80. The molecule has 0 N–H and O–H groups in total. The molecule has 2 rings (SSSR count). The van der Waals surface area contributed by atoms with Crippen molar-refractivity contribution in [3.05, 3.63) is 55.7 Å². The van der Waals surface area contributed by atoms with Crippen LogP contribution in [-0.2, 0) is 0 Å². The van der Waals surface area contributed by atoms with Crippen LogP contribution in [0.3, 0.4) is 0 Å². The number of aryl methyl sites for hydroxylation is 1. The summed E-state index contributed by atoms with van der Waals surface area (Å²) in [6.07, 6.45) is 0. The van der Waals surface area contributed by atoms with Crippen molar-refractivity contribution in [2.45, 2.75) is 12.3 Å². The van der Waals surface area contributed by atoms with Crippen LogP contribution in [0.5, 0.6) is 0 Å². The summed E-state index contributed by atoms with van der Waals surface area (Å²) in [5.41, 5.74) is 2.13. The van der Waals surface area contributed by atoms with Crippen LogP contribution < -0.4 is 0 Å². The van der Waals surface area contributed by atoms with Crippen LogP contribution in [0.15, 0.2) is 29.6 Å². The van der Waals surface area contributed by atoms with Crippen molar-refractivity contribution >= 4 is 46.1 Å². The van der Waals surface area contributed by atoms with Crippen LogP contribution in [0.2, 0.25) is 10.0 Å². The van der Waals surface area contributed by atoms with Crippen LogP contribution in [0, 0.1) is 6.92 Å². The van der Waals surface area contributed by atoms with E-state index < -0.39 is 0 Å². The summed E-state index contributed by atoms with van der Waals surface area (Å²) in [5, 5.41) is 3.11. The van der Waals surface area contributed by atoms with E-state index in [1.807, 2.05) is 36.6 Å². The van der Waals surface area contributed by atoms with Crippen LogP contribution in [0.25, 0.3) is 0 Å². The standard InChI is InChI=1S/C12H9Cl3S/c1-7-2-3-8(13)6-9(7)11(15)12-10(14)4-5-16-12/h2-6,11H,1H3. The van der Waals surface area contributed by atoms with Gasteiger partial charge in [-0.15, -0.1) is 22.9 Å². The van der Waals surface area contributed by atoms with Crippen LogP contribution in [0.1, 0.15) is 21.4 Å². The van der Waals surface area contributed by atoms with E-state index in [4.69, 9.17) is 34.8 Å². The Hall–Kier alpha value is -0.210. The first-order chi connectivity index (χ1) is 7.59. The van der Waals surface area contributed by atoms with Crippen LogP contribution >= 0.6 is 46.1 Å². The second-order valence-corrected chi connectivity index (χ2v) is 5.72. The summed E-state index contributed by atoms with van der Waals surface area (Å²) in [4.78, 5) is 0.966. The minimum Gasteiger partial charge on any atom is -0.145 e. The van der Waals surface area contributed by atoms with E-state index >= 15 is 0 Å². The molecule has 0 spiro atoms. The SMILES string of the molecule is Cc1ccc(Cl)cc1C(Cl)c1sccc1Cl. The quantitative estimate of drug-likeness (QED) is 0.623. The van der Waals surface area contributed by atoms with E-state index in [1.165, 1.54) is 0 Å². The lowest BCUT2D eigenvalue weighted by molar-refractivity contribution is 1.15. The number of rotatable bonds is 2. The van der Waals surface area contributed by atoms with Gasteiger partial charge in [0.05, 0.1) is 10.4 Å². The molecular formula is C12H9Cl3S. The van der Waals surface area contributed by atoms with Gasteiger partial charge in [0, 0.05) is 9.90 Å². The highest BCUT2D eigenvalue weighted by Gasteiger charge is 2.17. The van der Waals surface area contributed by atoms with Gasteiger partial charge in [0.2, 0.25) is 0 Å². The molecule has 0 bridgehead atoms. The number of hydrogen-bond donors (Lipinski definition) is 0. The van der Waals surface area contributed by atoms with Crippen molar-refractivity contribution in [1.29, 1.82) is 0 Å². The van der Waals surface area contributed by atoms with Crippen molar-refractivity contribution in [3.63, 3.8) is 0 Å². The van der Waals surface area contributed by atoms with Gasteiger partial charge < -0.3 is 0 Å². The number of benzene rings is 1. The molecule has 0 nitrogen and oxygen atoms in total. The zero-order valence-corrected chi connectivity index (χ0v) is 11.6. The topological polar surface area (TPSA) is 0 Å². The molecule has 0 aliphatic heterocycles. The highest BCUT2D eigenvalue weighted by Crippen LogP contribution is 2.39. The molecule has 0 aliphatic rings. The molecule has 1 atom stereocenters. The molecule has 0 saturated heterocycles. The molecule has 0 saturated carbocycles. The minimum absolute atomic E-state index is 0.230. The first kappa shape index (κ1) is 12.3. The zero-order chi connectivity index (χ0) is 11.7.